The monoisotopic (exact) mass is 249 g/mol. The molecule has 0 saturated carbocycles. The summed E-state index contributed by atoms with van der Waals surface area (Å²) in [5.74, 6) is -0.283. The highest BCUT2D eigenvalue weighted by atomic mass is 16.5. The molecule has 1 aromatic carbocycles. The minimum Gasteiger partial charge on any atom is -0.466 e. The van der Waals surface area contributed by atoms with Crippen molar-refractivity contribution >= 4 is 5.97 Å². The number of nitrogens with one attached hydrogen (secondary N) is 1. The van der Waals surface area contributed by atoms with Gasteiger partial charge in [0.2, 0.25) is 0 Å². The lowest BCUT2D eigenvalue weighted by atomic mass is 10.0. The Morgan fingerprint density at radius 1 is 1.22 bits per heavy atom. The van der Waals surface area contributed by atoms with E-state index in [0.29, 0.717) is 6.61 Å². The average molecular weight is 249 g/mol. The molecule has 1 rings (SSSR count). The minimum atomic E-state index is -0.142. The zero-order chi connectivity index (χ0) is 13.5. The topological polar surface area (TPSA) is 38.3 Å². The van der Waals surface area contributed by atoms with Crippen molar-refractivity contribution in [2.45, 2.75) is 39.8 Å². The van der Waals surface area contributed by atoms with Crippen LogP contribution in [0.3, 0.4) is 0 Å². The van der Waals surface area contributed by atoms with Crippen LogP contribution in [0.2, 0.25) is 0 Å². The number of rotatable bonds is 6. The summed E-state index contributed by atoms with van der Waals surface area (Å²) >= 11 is 0. The summed E-state index contributed by atoms with van der Waals surface area (Å²) in [6, 6.07) is 10.5. The largest absolute Gasteiger partial charge is 0.466 e. The zero-order valence-corrected chi connectivity index (χ0v) is 11.6. The van der Waals surface area contributed by atoms with Crippen LogP contribution in [0.1, 0.15) is 39.3 Å². The lowest BCUT2D eigenvalue weighted by Gasteiger charge is -2.24. The van der Waals surface area contributed by atoms with Crippen LogP contribution in [-0.4, -0.2) is 18.6 Å². The lowest BCUT2D eigenvalue weighted by Crippen LogP contribution is -2.38. The molecule has 0 saturated heterocycles. The molecule has 0 amide bonds. The van der Waals surface area contributed by atoms with Gasteiger partial charge in [0.1, 0.15) is 0 Å². The first-order valence-corrected chi connectivity index (χ1v) is 6.53. The van der Waals surface area contributed by atoms with Crippen molar-refractivity contribution in [2.75, 3.05) is 6.61 Å². The molecule has 1 aromatic rings. The standard InChI is InChI=1S/C15H23NO2/c1-5-18-15(17)11(2)12(3)16-13(4)14-9-7-6-8-10-14/h6-13,16H,5H2,1-4H3/t11-,12+,13+/m0/s1. The van der Waals surface area contributed by atoms with Crippen molar-refractivity contribution < 1.29 is 9.53 Å². The molecule has 3 heteroatoms. The van der Waals surface area contributed by atoms with Gasteiger partial charge in [-0.25, -0.2) is 0 Å². The fraction of sp³-hybridized carbons (Fsp3) is 0.533. The second-order valence-electron chi connectivity index (χ2n) is 4.63. The van der Waals surface area contributed by atoms with Crippen molar-refractivity contribution in [3.8, 4) is 0 Å². The Bertz CT molecular complexity index is 364. The van der Waals surface area contributed by atoms with Crippen molar-refractivity contribution in [2.24, 2.45) is 5.92 Å². The Balaban J connectivity index is 2.54. The van der Waals surface area contributed by atoms with Gasteiger partial charge in [-0.05, 0) is 26.3 Å². The molecule has 0 unspecified atom stereocenters. The third-order valence-corrected chi connectivity index (χ3v) is 3.22. The van der Waals surface area contributed by atoms with Gasteiger partial charge in [-0.3, -0.25) is 4.79 Å². The van der Waals surface area contributed by atoms with Gasteiger partial charge in [0.25, 0.3) is 0 Å². The molecule has 3 atom stereocenters. The number of hydrogen-bond acceptors (Lipinski definition) is 3. The first-order chi connectivity index (χ1) is 8.56. The summed E-state index contributed by atoms with van der Waals surface area (Å²) in [7, 11) is 0. The van der Waals surface area contributed by atoms with Crippen LogP contribution < -0.4 is 5.32 Å². The number of esters is 1. The molecule has 0 heterocycles. The maximum Gasteiger partial charge on any atom is 0.310 e. The predicted molar refractivity (Wildman–Crippen MR) is 73.3 cm³/mol. The summed E-state index contributed by atoms with van der Waals surface area (Å²) in [5, 5.41) is 3.43. The van der Waals surface area contributed by atoms with E-state index in [1.807, 2.05) is 39.0 Å². The Kier molecular flexibility index (Phi) is 5.86. The van der Waals surface area contributed by atoms with Crippen molar-refractivity contribution in [1.82, 2.24) is 5.32 Å². The van der Waals surface area contributed by atoms with Gasteiger partial charge in [-0.2, -0.15) is 0 Å². The van der Waals surface area contributed by atoms with E-state index in [1.54, 1.807) is 0 Å². The van der Waals surface area contributed by atoms with Crippen molar-refractivity contribution in [1.29, 1.82) is 0 Å². The molecule has 0 spiro atoms. The van der Waals surface area contributed by atoms with Crippen molar-refractivity contribution in [3.05, 3.63) is 35.9 Å². The second kappa shape index (κ2) is 7.17. The van der Waals surface area contributed by atoms with Crippen LogP contribution in [-0.2, 0) is 9.53 Å². The summed E-state index contributed by atoms with van der Waals surface area (Å²) in [5.41, 5.74) is 1.22. The Morgan fingerprint density at radius 3 is 2.39 bits per heavy atom. The molecular formula is C15H23NO2. The number of hydrogen-bond donors (Lipinski definition) is 1. The third-order valence-electron chi connectivity index (χ3n) is 3.22. The normalized spacial score (nSPS) is 15.8. The first kappa shape index (κ1) is 14.7. The predicted octanol–water partition coefficient (Wildman–Crippen LogP) is 2.92. The maximum absolute atomic E-state index is 11.6. The van der Waals surface area contributed by atoms with Gasteiger partial charge in [0.05, 0.1) is 12.5 Å². The molecule has 0 bridgehead atoms. The highest BCUT2D eigenvalue weighted by Crippen LogP contribution is 2.15. The van der Waals surface area contributed by atoms with E-state index in [9.17, 15) is 4.79 Å². The average Bonchev–Trinajstić information content (AvgIpc) is 2.39. The number of ether oxygens (including phenoxy) is 1. The Labute approximate surface area is 110 Å². The molecule has 100 valence electrons. The summed E-state index contributed by atoms with van der Waals surface area (Å²) < 4.78 is 5.03. The van der Waals surface area contributed by atoms with E-state index in [1.165, 1.54) is 5.56 Å². The molecule has 0 aliphatic heterocycles. The number of carbonyl (C=O) groups is 1. The molecule has 0 fully saturated rings. The summed E-state index contributed by atoms with van der Waals surface area (Å²) in [6.07, 6.45) is 0. The van der Waals surface area contributed by atoms with Crippen LogP contribution in [0, 0.1) is 5.92 Å². The van der Waals surface area contributed by atoms with E-state index < -0.39 is 0 Å². The van der Waals surface area contributed by atoms with Gasteiger partial charge < -0.3 is 10.1 Å². The first-order valence-electron chi connectivity index (χ1n) is 6.53. The minimum absolute atomic E-state index is 0.0826. The third kappa shape index (κ3) is 4.15. The fourth-order valence-corrected chi connectivity index (χ4v) is 1.85. The van der Waals surface area contributed by atoms with Crippen molar-refractivity contribution in [3.63, 3.8) is 0 Å². The van der Waals surface area contributed by atoms with E-state index in [0.717, 1.165) is 0 Å². The van der Waals surface area contributed by atoms with Gasteiger partial charge in [0.15, 0.2) is 0 Å². The lowest BCUT2D eigenvalue weighted by molar-refractivity contribution is -0.148. The van der Waals surface area contributed by atoms with Crippen LogP contribution in [0.25, 0.3) is 0 Å². The molecule has 0 aliphatic carbocycles. The smallest absolute Gasteiger partial charge is 0.310 e. The van der Waals surface area contributed by atoms with E-state index in [-0.39, 0.29) is 24.0 Å². The van der Waals surface area contributed by atoms with Gasteiger partial charge >= 0.3 is 5.97 Å². The van der Waals surface area contributed by atoms with E-state index in [4.69, 9.17) is 4.74 Å². The Morgan fingerprint density at radius 2 is 1.83 bits per heavy atom. The fourth-order valence-electron chi connectivity index (χ4n) is 1.85. The highest BCUT2D eigenvalue weighted by molar-refractivity contribution is 5.72. The van der Waals surface area contributed by atoms with Gasteiger partial charge in [-0.15, -0.1) is 0 Å². The van der Waals surface area contributed by atoms with E-state index >= 15 is 0 Å². The number of carbonyl (C=O) groups excluding carboxylic acids is 1. The summed E-state index contributed by atoms with van der Waals surface area (Å²) in [6.45, 7) is 8.28. The quantitative estimate of drug-likeness (QED) is 0.788. The number of benzene rings is 1. The van der Waals surface area contributed by atoms with Gasteiger partial charge in [0, 0.05) is 12.1 Å². The maximum atomic E-state index is 11.6. The molecular weight excluding hydrogens is 226 g/mol. The van der Waals surface area contributed by atoms with E-state index in [2.05, 4.69) is 24.4 Å². The van der Waals surface area contributed by atoms with Crippen LogP contribution in [0.5, 0.6) is 0 Å². The zero-order valence-electron chi connectivity index (χ0n) is 11.6. The SMILES string of the molecule is CCOC(=O)[C@@H](C)[C@@H](C)N[C@H](C)c1ccccc1. The van der Waals surface area contributed by atoms with Crippen LogP contribution in [0.15, 0.2) is 30.3 Å². The second-order valence-corrected chi connectivity index (χ2v) is 4.63. The molecule has 0 aliphatic rings. The highest BCUT2D eigenvalue weighted by Gasteiger charge is 2.22. The molecule has 1 N–H and O–H groups in total. The molecule has 3 nitrogen and oxygen atoms in total. The molecule has 18 heavy (non-hydrogen) atoms. The van der Waals surface area contributed by atoms with Crippen LogP contribution >= 0.6 is 0 Å². The van der Waals surface area contributed by atoms with Gasteiger partial charge in [-0.1, -0.05) is 37.3 Å². The Hall–Kier alpha value is -1.35. The molecule has 0 radical (unpaired) electrons. The van der Waals surface area contributed by atoms with Crippen LogP contribution in [0.4, 0.5) is 0 Å². The summed E-state index contributed by atoms with van der Waals surface area (Å²) in [4.78, 5) is 11.6. The molecule has 0 aromatic heterocycles.